The van der Waals surface area contributed by atoms with Gasteiger partial charge in [-0.1, -0.05) is 18.2 Å². The normalized spacial score (nSPS) is 15.5. The third-order valence-corrected chi connectivity index (χ3v) is 5.41. The van der Waals surface area contributed by atoms with Gasteiger partial charge in [-0.25, -0.2) is 4.68 Å². The highest BCUT2D eigenvalue weighted by atomic mass is 16.2. The highest BCUT2D eigenvalue weighted by Crippen LogP contribution is 2.26. The number of carbonyl (C=O) groups excluding carboxylic acids is 2. The Hall–Kier alpha value is -3.16. The Bertz CT molecular complexity index is 1110. The maximum Gasteiger partial charge on any atom is 0.291 e. The molecule has 1 aromatic carbocycles. The van der Waals surface area contributed by atoms with Crippen LogP contribution in [0.15, 0.2) is 35.3 Å². The first-order valence-electron chi connectivity index (χ1n) is 8.97. The molecule has 0 aliphatic carbocycles. The number of amides is 2. The maximum absolute atomic E-state index is 12.9. The van der Waals surface area contributed by atoms with Crippen LogP contribution in [-0.2, 0) is 23.2 Å². The zero-order chi connectivity index (χ0) is 19.1. The van der Waals surface area contributed by atoms with Crippen molar-refractivity contribution in [1.29, 1.82) is 0 Å². The van der Waals surface area contributed by atoms with Crippen molar-refractivity contribution in [3.63, 3.8) is 0 Å². The quantitative estimate of drug-likeness (QED) is 0.732. The van der Waals surface area contributed by atoms with Crippen molar-refractivity contribution in [2.24, 2.45) is 18.7 Å². The van der Waals surface area contributed by atoms with E-state index in [0.717, 1.165) is 16.3 Å². The fourth-order valence-corrected chi connectivity index (χ4v) is 3.85. The number of hydrogen-bond donors (Lipinski definition) is 1. The van der Waals surface area contributed by atoms with E-state index in [1.54, 1.807) is 22.7 Å². The molecule has 0 bridgehead atoms. The number of benzene rings is 1. The van der Waals surface area contributed by atoms with Crippen molar-refractivity contribution in [3.05, 3.63) is 40.8 Å². The van der Waals surface area contributed by atoms with Gasteiger partial charge in [0.15, 0.2) is 0 Å². The number of rotatable bonds is 3. The summed E-state index contributed by atoms with van der Waals surface area (Å²) in [5, 5.41) is 5.76. The van der Waals surface area contributed by atoms with E-state index in [4.69, 9.17) is 5.73 Å². The smallest absolute Gasteiger partial charge is 0.291 e. The molecule has 2 N–H and O–H groups in total. The second kappa shape index (κ2) is 6.53. The first-order valence-corrected chi connectivity index (χ1v) is 8.97. The molecule has 3 heterocycles. The van der Waals surface area contributed by atoms with E-state index in [2.05, 4.69) is 5.10 Å². The Labute approximate surface area is 155 Å². The van der Waals surface area contributed by atoms with Gasteiger partial charge in [0.25, 0.3) is 5.56 Å². The molecule has 2 aromatic heterocycles. The van der Waals surface area contributed by atoms with Crippen LogP contribution in [0, 0.1) is 5.92 Å². The number of primary amides is 1. The average molecular weight is 367 g/mol. The van der Waals surface area contributed by atoms with E-state index in [0.29, 0.717) is 31.4 Å². The summed E-state index contributed by atoms with van der Waals surface area (Å²) < 4.78 is 3.05. The number of likely N-dealkylation sites (tertiary alicyclic amines) is 1. The van der Waals surface area contributed by atoms with E-state index in [9.17, 15) is 14.4 Å². The van der Waals surface area contributed by atoms with Crippen molar-refractivity contribution >= 4 is 33.6 Å². The second-order valence-corrected chi connectivity index (χ2v) is 7.00. The number of hydrogen-bond acceptors (Lipinski definition) is 4. The monoisotopic (exact) mass is 367 g/mol. The molecule has 0 unspecified atom stereocenters. The van der Waals surface area contributed by atoms with Crippen molar-refractivity contribution < 1.29 is 9.59 Å². The van der Waals surface area contributed by atoms with Gasteiger partial charge in [-0.15, -0.1) is 0 Å². The predicted molar refractivity (Wildman–Crippen MR) is 101 cm³/mol. The molecule has 1 saturated heterocycles. The van der Waals surface area contributed by atoms with Gasteiger partial charge in [-0.2, -0.15) is 5.10 Å². The predicted octanol–water partition coefficient (Wildman–Crippen LogP) is 0.612. The topological polar surface area (TPSA) is 103 Å². The largest absolute Gasteiger partial charge is 0.369 e. The van der Waals surface area contributed by atoms with Gasteiger partial charge in [-0.05, 0) is 18.9 Å². The third kappa shape index (κ3) is 2.87. The third-order valence-electron chi connectivity index (χ3n) is 5.41. The Morgan fingerprint density at radius 2 is 1.89 bits per heavy atom. The zero-order valence-corrected chi connectivity index (χ0v) is 15.1. The molecule has 0 atom stereocenters. The van der Waals surface area contributed by atoms with Crippen LogP contribution in [0.3, 0.4) is 0 Å². The van der Waals surface area contributed by atoms with Gasteiger partial charge < -0.3 is 15.2 Å². The molecule has 1 fully saturated rings. The summed E-state index contributed by atoms with van der Waals surface area (Å²) in [5.74, 6) is -0.541. The van der Waals surface area contributed by atoms with Crippen LogP contribution in [0.1, 0.15) is 12.8 Å². The summed E-state index contributed by atoms with van der Waals surface area (Å²) in [5.41, 5.74) is 6.44. The summed E-state index contributed by atoms with van der Waals surface area (Å²) >= 11 is 0. The zero-order valence-electron chi connectivity index (χ0n) is 15.1. The van der Waals surface area contributed by atoms with Gasteiger partial charge in [0, 0.05) is 42.3 Å². The minimum Gasteiger partial charge on any atom is -0.369 e. The van der Waals surface area contributed by atoms with Crippen LogP contribution in [0.2, 0.25) is 0 Å². The minimum atomic E-state index is -0.305. The summed E-state index contributed by atoms with van der Waals surface area (Å²) in [6.45, 7) is 1.08. The minimum absolute atomic E-state index is 0.0700. The molecule has 4 rings (SSSR count). The van der Waals surface area contributed by atoms with Crippen LogP contribution in [-0.4, -0.2) is 44.2 Å². The first kappa shape index (κ1) is 17.3. The summed E-state index contributed by atoms with van der Waals surface area (Å²) in [4.78, 5) is 38.7. The molecule has 27 heavy (non-hydrogen) atoms. The standard InChI is InChI=1S/C19H21N5O3/c1-22-19(27)17-14(10-21-22)13-4-2-3-5-15(13)24(17)11-16(25)23-8-6-12(7-9-23)18(20)26/h2-5,10,12H,6-9,11H2,1H3,(H2,20,26). The molecule has 8 nitrogen and oxygen atoms in total. The number of fused-ring (bicyclic) bond motifs is 3. The lowest BCUT2D eigenvalue weighted by molar-refractivity contribution is -0.135. The van der Waals surface area contributed by atoms with Crippen LogP contribution in [0.5, 0.6) is 0 Å². The SMILES string of the molecule is Cn1ncc2c3ccccc3n(CC(=O)N3CCC(C(N)=O)CC3)c2c1=O. The van der Waals surface area contributed by atoms with Crippen molar-refractivity contribution in [2.75, 3.05) is 13.1 Å². The summed E-state index contributed by atoms with van der Waals surface area (Å²) in [7, 11) is 1.60. The molecule has 0 saturated carbocycles. The van der Waals surface area contributed by atoms with E-state index in [1.165, 1.54) is 4.68 Å². The van der Waals surface area contributed by atoms with E-state index in [1.807, 2.05) is 24.3 Å². The molecule has 140 valence electrons. The van der Waals surface area contributed by atoms with E-state index < -0.39 is 0 Å². The number of carbonyl (C=O) groups is 2. The maximum atomic E-state index is 12.9. The average Bonchev–Trinajstić information content (AvgIpc) is 2.99. The second-order valence-electron chi connectivity index (χ2n) is 7.00. The van der Waals surface area contributed by atoms with Gasteiger partial charge in [-0.3, -0.25) is 14.4 Å². The van der Waals surface area contributed by atoms with Gasteiger partial charge in [0.1, 0.15) is 12.1 Å². The number of para-hydroxylation sites is 1. The fraction of sp³-hybridized carbons (Fsp3) is 0.368. The van der Waals surface area contributed by atoms with Crippen molar-refractivity contribution in [1.82, 2.24) is 19.2 Å². The van der Waals surface area contributed by atoms with Gasteiger partial charge >= 0.3 is 0 Å². The number of piperidine rings is 1. The van der Waals surface area contributed by atoms with Crippen LogP contribution >= 0.6 is 0 Å². The number of aryl methyl sites for hydroxylation is 1. The van der Waals surface area contributed by atoms with E-state index >= 15 is 0 Å². The molecule has 0 radical (unpaired) electrons. The van der Waals surface area contributed by atoms with Crippen LogP contribution in [0.4, 0.5) is 0 Å². The van der Waals surface area contributed by atoms with E-state index in [-0.39, 0.29) is 29.8 Å². The summed E-state index contributed by atoms with van der Waals surface area (Å²) in [6, 6.07) is 7.62. The molecular weight excluding hydrogens is 346 g/mol. The fourth-order valence-electron chi connectivity index (χ4n) is 3.85. The molecule has 3 aromatic rings. The Morgan fingerprint density at radius 3 is 2.59 bits per heavy atom. The number of nitrogens with two attached hydrogens (primary N) is 1. The van der Waals surface area contributed by atoms with Gasteiger partial charge in [0.2, 0.25) is 11.8 Å². The Kier molecular flexibility index (Phi) is 4.18. The lowest BCUT2D eigenvalue weighted by Gasteiger charge is -2.30. The van der Waals surface area contributed by atoms with Crippen LogP contribution < -0.4 is 11.3 Å². The molecule has 1 aliphatic rings. The van der Waals surface area contributed by atoms with Crippen LogP contribution in [0.25, 0.3) is 21.8 Å². The van der Waals surface area contributed by atoms with Gasteiger partial charge in [0.05, 0.1) is 6.20 Å². The highest BCUT2D eigenvalue weighted by Gasteiger charge is 2.27. The van der Waals surface area contributed by atoms with Crippen molar-refractivity contribution in [2.45, 2.75) is 19.4 Å². The first-order chi connectivity index (χ1) is 13.0. The number of nitrogens with zero attached hydrogens (tertiary/aromatic N) is 4. The highest BCUT2D eigenvalue weighted by molar-refractivity contribution is 6.07. The molecule has 8 heteroatoms. The van der Waals surface area contributed by atoms with Crippen molar-refractivity contribution in [3.8, 4) is 0 Å². The lowest BCUT2D eigenvalue weighted by atomic mass is 9.96. The molecule has 2 amide bonds. The Morgan fingerprint density at radius 1 is 1.19 bits per heavy atom. The summed E-state index contributed by atoms with van der Waals surface area (Å²) in [6.07, 6.45) is 2.83. The Balaban J connectivity index is 1.71. The molecular formula is C19H21N5O3. The molecule has 1 aliphatic heterocycles. The number of aromatic nitrogens is 3. The lowest BCUT2D eigenvalue weighted by Crippen LogP contribution is -2.43. The molecule has 0 spiro atoms.